The normalized spacial score (nSPS) is 11.5. The first-order valence-corrected chi connectivity index (χ1v) is 22.8. The molecule has 0 fully saturated rings. The van der Waals surface area contributed by atoms with Gasteiger partial charge in [0.1, 0.15) is 0 Å². The summed E-state index contributed by atoms with van der Waals surface area (Å²) >= 11 is 0. The van der Waals surface area contributed by atoms with Crippen molar-refractivity contribution in [3.63, 3.8) is 0 Å². The van der Waals surface area contributed by atoms with E-state index in [1.165, 1.54) is 44.9 Å². The summed E-state index contributed by atoms with van der Waals surface area (Å²) in [6.45, 7) is 3.87. The van der Waals surface area contributed by atoms with Crippen LogP contribution in [0.2, 0.25) is 0 Å². The van der Waals surface area contributed by atoms with E-state index in [2.05, 4.69) is 6.92 Å². The van der Waals surface area contributed by atoms with E-state index in [-0.39, 0.29) is 43.8 Å². The van der Waals surface area contributed by atoms with E-state index in [1.54, 1.807) is 0 Å². The van der Waals surface area contributed by atoms with Crippen molar-refractivity contribution >= 4 is 35.8 Å². The lowest BCUT2D eigenvalue weighted by Gasteiger charge is -2.10. The number of esters is 5. The number of aliphatic hydroxyl groups is 1. The van der Waals surface area contributed by atoms with Crippen LogP contribution in [0.25, 0.3) is 0 Å². The molecule has 13 heteroatoms. The minimum absolute atomic E-state index is 0.143. The summed E-state index contributed by atoms with van der Waals surface area (Å²) in [7, 11) is 0. The van der Waals surface area contributed by atoms with Crippen LogP contribution in [0.15, 0.2) is 0 Å². The van der Waals surface area contributed by atoms with Crippen LogP contribution < -0.4 is 0 Å². The Balaban J connectivity index is 3.50. The highest BCUT2D eigenvalue weighted by Gasteiger charge is 2.17. The number of carboxylic acids is 1. The number of carboxylic acid groups (broad SMARTS) is 1. The molecule has 0 rings (SSSR count). The van der Waals surface area contributed by atoms with E-state index in [0.29, 0.717) is 77.8 Å². The molecule has 0 aromatic rings. The number of aliphatic carboxylic acids is 1. The minimum Gasteiger partial charge on any atom is -0.481 e. The third kappa shape index (κ3) is 42.4. The molecule has 13 nitrogen and oxygen atoms in total. The number of hydrogen-bond acceptors (Lipinski definition) is 12. The predicted molar refractivity (Wildman–Crippen MR) is 222 cm³/mol. The Labute approximate surface area is 349 Å². The molecule has 1 atom stereocenters. The molecule has 0 aromatic carbocycles. The summed E-state index contributed by atoms with van der Waals surface area (Å²) in [6.07, 6.45) is 24.1. The molecule has 0 aromatic heterocycles. The summed E-state index contributed by atoms with van der Waals surface area (Å²) in [4.78, 5) is 70.1. The number of hydrogen-bond donors (Lipinski definition) is 2. The van der Waals surface area contributed by atoms with Crippen LogP contribution in [0.4, 0.5) is 0 Å². The van der Waals surface area contributed by atoms with Crippen LogP contribution in [-0.2, 0) is 52.5 Å². The zero-order chi connectivity index (χ0) is 42.7. The van der Waals surface area contributed by atoms with Crippen molar-refractivity contribution in [2.45, 2.75) is 218 Å². The van der Waals surface area contributed by atoms with E-state index in [9.17, 15) is 33.9 Å². The van der Waals surface area contributed by atoms with Gasteiger partial charge in [0.2, 0.25) is 0 Å². The zero-order valence-corrected chi connectivity index (χ0v) is 36.1. The summed E-state index contributed by atoms with van der Waals surface area (Å²) in [5.74, 6) is -2.50. The number of rotatable bonds is 43. The summed E-state index contributed by atoms with van der Waals surface area (Å²) in [5, 5.41) is 18.6. The van der Waals surface area contributed by atoms with E-state index >= 15 is 0 Å². The van der Waals surface area contributed by atoms with Gasteiger partial charge in [0.15, 0.2) is 0 Å². The number of aliphatic hydroxyl groups excluding tert-OH is 1. The van der Waals surface area contributed by atoms with Crippen molar-refractivity contribution in [2.24, 2.45) is 0 Å². The van der Waals surface area contributed by atoms with Gasteiger partial charge < -0.3 is 33.9 Å². The maximum Gasteiger partial charge on any atom is 0.308 e. The minimum atomic E-state index is -1.11. The van der Waals surface area contributed by atoms with Crippen LogP contribution in [0.3, 0.4) is 0 Å². The fraction of sp³-hybridized carbons (Fsp3) is 0.867. The first-order valence-electron chi connectivity index (χ1n) is 22.8. The number of ether oxygens (including phenoxy) is 5. The molecule has 0 amide bonds. The highest BCUT2D eigenvalue weighted by Crippen LogP contribution is 2.13. The second-order valence-electron chi connectivity index (χ2n) is 15.4. The molecule has 0 aliphatic carbocycles. The average molecular weight is 829 g/mol. The molecule has 0 radical (unpaired) electrons. The molecule has 0 spiro atoms. The van der Waals surface area contributed by atoms with Gasteiger partial charge in [0, 0.05) is 25.7 Å². The van der Waals surface area contributed by atoms with Crippen LogP contribution in [0.5, 0.6) is 0 Å². The van der Waals surface area contributed by atoms with Crippen molar-refractivity contribution in [3.8, 4) is 0 Å². The monoisotopic (exact) mass is 829 g/mol. The van der Waals surface area contributed by atoms with Gasteiger partial charge in [-0.1, -0.05) is 103 Å². The third-order valence-corrected chi connectivity index (χ3v) is 9.73. The Morgan fingerprint density at radius 3 is 0.897 bits per heavy atom. The van der Waals surface area contributed by atoms with Crippen molar-refractivity contribution in [2.75, 3.05) is 33.0 Å². The predicted octanol–water partition coefficient (Wildman–Crippen LogP) is 9.65. The third-order valence-electron chi connectivity index (χ3n) is 9.73. The van der Waals surface area contributed by atoms with Gasteiger partial charge in [0.05, 0.1) is 52.0 Å². The number of unbranched alkanes of at least 4 members (excludes halogenated alkanes) is 21. The van der Waals surface area contributed by atoms with Gasteiger partial charge in [0.25, 0.3) is 0 Å². The van der Waals surface area contributed by atoms with E-state index in [4.69, 9.17) is 28.8 Å². The smallest absolute Gasteiger partial charge is 0.308 e. The molecule has 338 valence electrons. The lowest BCUT2D eigenvalue weighted by atomic mass is 10.1. The molecular weight excluding hydrogens is 748 g/mol. The molecule has 0 saturated heterocycles. The van der Waals surface area contributed by atoms with E-state index in [0.717, 1.165) is 89.9 Å². The van der Waals surface area contributed by atoms with Crippen LogP contribution in [0, 0.1) is 0 Å². The highest BCUT2D eigenvalue weighted by atomic mass is 16.5. The Morgan fingerprint density at radius 1 is 0.345 bits per heavy atom. The number of carbonyl (C=O) groups excluding carboxylic acids is 5. The highest BCUT2D eigenvalue weighted by molar-refractivity contribution is 5.73. The van der Waals surface area contributed by atoms with Crippen LogP contribution in [-0.4, -0.2) is 85.2 Å². The van der Waals surface area contributed by atoms with Crippen molar-refractivity contribution < 1.29 is 62.7 Å². The summed E-state index contributed by atoms with van der Waals surface area (Å²) in [5.41, 5.74) is 0. The van der Waals surface area contributed by atoms with Gasteiger partial charge in [-0.3, -0.25) is 28.8 Å². The van der Waals surface area contributed by atoms with Gasteiger partial charge in [-0.25, -0.2) is 0 Å². The van der Waals surface area contributed by atoms with Crippen molar-refractivity contribution in [1.29, 1.82) is 0 Å². The molecule has 58 heavy (non-hydrogen) atoms. The zero-order valence-electron chi connectivity index (χ0n) is 36.1. The fourth-order valence-corrected chi connectivity index (χ4v) is 6.22. The molecule has 0 aliphatic heterocycles. The Bertz CT molecular complexity index is 1050. The maximum absolute atomic E-state index is 12.0. The number of carbonyl (C=O) groups is 6. The van der Waals surface area contributed by atoms with E-state index in [1.807, 2.05) is 0 Å². The fourth-order valence-electron chi connectivity index (χ4n) is 6.22. The molecule has 1 unspecified atom stereocenters. The summed E-state index contributed by atoms with van der Waals surface area (Å²) in [6, 6.07) is 0. The second kappa shape index (κ2) is 41.9. The second-order valence-corrected chi connectivity index (χ2v) is 15.4. The quantitative estimate of drug-likeness (QED) is 0.0336. The standard InChI is InChI=1S/C45H80O13/c1-2-3-4-5-6-7-8-9-14-24-35-57-44(52)37-39(46)38-45(53)58-36-25-16-11-13-21-30-42(50)56-34-27-18-22-31-43(51)54-32-23-15-10-12-20-29-41(49)55-33-26-17-19-28-40(47)48/h39,46H,2-38H2,1H3,(H,47,48). The average Bonchev–Trinajstić information content (AvgIpc) is 3.18. The van der Waals surface area contributed by atoms with Gasteiger partial charge in [-0.05, 0) is 70.6 Å². The maximum atomic E-state index is 12.0. The first kappa shape index (κ1) is 54.8. The molecule has 0 saturated carbocycles. The van der Waals surface area contributed by atoms with Gasteiger partial charge in [-0.2, -0.15) is 0 Å². The molecular formula is C45H80O13. The SMILES string of the molecule is CCCCCCCCCCCCOC(=O)CC(O)CC(=O)OCCCCCCCC(=O)OCCCCCC(=O)OCCCCCCCC(=O)OCCCCCC(=O)O. The van der Waals surface area contributed by atoms with Gasteiger partial charge in [-0.15, -0.1) is 0 Å². The lowest BCUT2D eigenvalue weighted by molar-refractivity contribution is -0.150. The topological polar surface area (TPSA) is 189 Å². The molecule has 2 N–H and O–H groups in total. The Kier molecular flexibility index (Phi) is 39.6. The van der Waals surface area contributed by atoms with E-state index < -0.39 is 24.0 Å². The Hall–Kier alpha value is -3.22. The molecule has 0 heterocycles. The molecule has 0 aliphatic rings. The first-order chi connectivity index (χ1) is 28.1. The largest absolute Gasteiger partial charge is 0.481 e. The van der Waals surface area contributed by atoms with Crippen molar-refractivity contribution in [3.05, 3.63) is 0 Å². The van der Waals surface area contributed by atoms with Crippen LogP contribution in [0.1, 0.15) is 212 Å². The van der Waals surface area contributed by atoms with Gasteiger partial charge >= 0.3 is 35.8 Å². The Morgan fingerprint density at radius 2 is 0.586 bits per heavy atom. The van der Waals surface area contributed by atoms with Crippen LogP contribution >= 0.6 is 0 Å². The van der Waals surface area contributed by atoms with Crippen molar-refractivity contribution in [1.82, 2.24) is 0 Å². The molecule has 0 bridgehead atoms. The lowest BCUT2D eigenvalue weighted by Crippen LogP contribution is -2.21. The summed E-state index contributed by atoms with van der Waals surface area (Å²) < 4.78 is 26.1.